The quantitative estimate of drug-likeness (QED) is 0.514. The number of carbonyl (C=O) groups excluding carboxylic acids is 1. The number of aryl methyl sites for hydroxylation is 2. The second-order valence-corrected chi connectivity index (χ2v) is 9.92. The summed E-state index contributed by atoms with van der Waals surface area (Å²) in [6.07, 6.45) is 1.48. The first kappa shape index (κ1) is 20.8. The molecule has 2 saturated heterocycles. The minimum Gasteiger partial charge on any atom is -0.414 e. The Morgan fingerprint density at radius 1 is 1.10 bits per heavy atom. The molecule has 11 heteroatoms. The zero-order valence-corrected chi connectivity index (χ0v) is 19.2. The van der Waals surface area contributed by atoms with Gasteiger partial charge in [-0.1, -0.05) is 0 Å². The van der Waals surface area contributed by atoms with Crippen LogP contribution >= 0.6 is 23.1 Å². The molecule has 0 bridgehead atoms. The largest absolute Gasteiger partial charge is 0.414 e. The van der Waals surface area contributed by atoms with E-state index in [4.69, 9.17) is 19.1 Å². The fourth-order valence-corrected chi connectivity index (χ4v) is 5.82. The second kappa shape index (κ2) is 8.81. The first-order valence-electron chi connectivity index (χ1n) is 10.4. The van der Waals surface area contributed by atoms with Gasteiger partial charge in [-0.25, -0.2) is 9.97 Å². The normalized spacial score (nSPS) is 17.9. The van der Waals surface area contributed by atoms with E-state index < -0.39 is 0 Å². The van der Waals surface area contributed by atoms with Gasteiger partial charge in [-0.05, 0) is 37.6 Å². The van der Waals surface area contributed by atoms with E-state index in [1.165, 1.54) is 22.2 Å². The average molecular weight is 461 g/mol. The summed E-state index contributed by atoms with van der Waals surface area (Å²) in [6, 6.07) is 0. The first-order valence-corrected chi connectivity index (χ1v) is 12.0. The number of rotatable bonds is 6. The van der Waals surface area contributed by atoms with Crippen molar-refractivity contribution in [2.24, 2.45) is 0 Å². The fraction of sp³-hybridized carbons (Fsp3) is 0.550. The van der Waals surface area contributed by atoms with Crippen molar-refractivity contribution in [2.45, 2.75) is 50.0 Å². The SMILES string of the molecule is Cc1sc2nc(CN3CCOCC3)nc(Sc3nnc(CN4CCCC4=O)o3)c2c1C. The predicted octanol–water partition coefficient (Wildman–Crippen LogP) is 2.80. The van der Waals surface area contributed by atoms with Crippen LogP contribution in [0.25, 0.3) is 10.2 Å². The monoisotopic (exact) mass is 460 g/mol. The van der Waals surface area contributed by atoms with Crippen LogP contribution in [-0.2, 0) is 22.6 Å². The standard InChI is InChI=1S/C20H24N6O3S2/c1-12-13(2)30-18-17(12)19(22-14(21-18)10-25-6-8-28-9-7-25)31-20-24-23-15(29-20)11-26-5-3-4-16(26)27/h3-11H2,1-2H3. The van der Waals surface area contributed by atoms with Crippen molar-refractivity contribution < 1.29 is 13.9 Å². The van der Waals surface area contributed by atoms with Crippen molar-refractivity contribution in [1.82, 2.24) is 30.0 Å². The third kappa shape index (κ3) is 4.45. The molecular weight excluding hydrogens is 436 g/mol. The van der Waals surface area contributed by atoms with E-state index in [0.717, 1.165) is 60.3 Å². The van der Waals surface area contributed by atoms with E-state index >= 15 is 0 Å². The molecule has 5 rings (SSSR count). The highest BCUT2D eigenvalue weighted by Gasteiger charge is 2.24. The molecule has 0 atom stereocenters. The maximum Gasteiger partial charge on any atom is 0.283 e. The number of thiophene rings is 1. The molecule has 0 aliphatic carbocycles. The van der Waals surface area contributed by atoms with Gasteiger partial charge < -0.3 is 14.1 Å². The van der Waals surface area contributed by atoms with E-state index in [9.17, 15) is 4.79 Å². The third-order valence-corrected chi connectivity index (χ3v) is 7.57. The molecule has 3 aromatic heterocycles. The third-order valence-electron chi connectivity index (χ3n) is 5.64. The summed E-state index contributed by atoms with van der Waals surface area (Å²) >= 11 is 3.06. The molecule has 0 spiro atoms. The Labute approximate surface area is 188 Å². The molecule has 1 amide bonds. The summed E-state index contributed by atoms with van der Waals surface area (Å²) in [7, 11) is 0. The van der Waals surface area contributed by atoms with Gasteiger partial charge in [0.25, 0.3) is 5.22 Å². The number of amides is 1. The van der Waals surface area contributed by atoms with Crippen LogP contribution in [0.4, 0.5) is 0 Å². The highest BCUT2D eigenvalue weighted by molar-refractivity contribution is 7.99. The number of likely N-dealkylation sites (tertiary alicyclic amines) is 1. The van der Waals surface area contributed by atoms with Gasteiger partial charge in [0.05, 0.1) is 26.3 Å². The van der Waals surface area contributed by atoms with Crippen molar-refractivity contribution in [3.8, 4) is 0 Å². The van der Waals surface area contributed by atoms with Crippen LogP contribution in [0.15, 0.2) is 14.7 Å². The van der Waals surface area contributed by atoms with E-state index in [1.807, 2.05) is 0 Å². The maximum absolute atomic E-state index is 11.9. The van der Waals surface area contributed by atoms with Gasteiger partial charge in [0.15, 0.2) is 0 Å². The van der Waals surface area contributed by atoms with E-state index in [0.29, 0.717) is 30.6 Å². The Hall–Kier alpha value is -2.08. The van der Waals surface area contributed by atoms with E-state index in [-0.39, 0.29) is 5.91 Å². The molecule has 0 aromatic carbocycles. The lowest BCUT2D eigenvalue weighted by Gasteiger charge is -2.25. The van der Waals surface area contributed by atoms with Crippen molar-refractivity contribution in [3.63, 3.8) is 0 Å². The van der Waals surface area contributed by atoms with Gasteiger partial charge in [-0.2, -0.15) is 0 Å². The van der Waals surface area contributed by atoms with Crippen molar-refractivity contribution in [1.29, 1.82) is 0 Å². The summed E-state index contributed by atoms with van der Waals surface area (Å²) < 4.78 is 11.3. The molecule has 2 aliphatic rings. The zero-order valence-electron chi connectivity index (χ0n) is 17.6. The maximum atomic E-state index is 11.9. The van der Waals surface area contributed by atoms with Crippen LogP contribution in [0.1, 0.15) is 35.0 Å². The molecule has 5 heterocycles. The molecule has 9 nitrogen and oxygen atoms in total. The molecule has 31 heavy (non-hydrogen) atoms. The van der Waals surface area contributed by atoms with Crippen molar-refractivity contribution in [3.05, 3.63) is 22.2 Å². The summed E-state index contributed by atoms with van der Waals surface area (Å²) in [6.45, 7) is 9.25. The van der Waals surface area contributed by atoms with Gasteiger partial charge in [-0.15, -0.1) is 21.5 Å². The number of nitrogens with zero attached hydrogens (tertiary/aromatic N) is 6. The molecule has 3 aromatic rings. The van der Waals surface area contributed by atoms with Crippen LogP contribution in [-0.4, -0.2) is 68.7 Å². The highest BCUT2D eigenvalue weighted by Crippen LogP contribution is 2.37. The van der Waals surface area contributed by atoms with Crippen LogP contribution in [0.3, 0.4) is 0 Å². The minimum atomic E-state index is 0.141. The lowest BCUT2D eigenvalue weighted by molar-refractivity contribution is -0.128. The van der Waals surface area contributed by atoms with Crippen LogP contribution in [0.5, 0.6) is 0 Å². The number of carbonyl (C=O) groups is 1. The highest BCUT2D eigenvalue weighted by atomic mass is 32.2. The molecule has 164 valence electrons. The average Bonchev–Trinajstić information content (AvgIpc) is 3.44. The van der Waals surface area contributed by atoms with E-state index in [1.54, 1.807) is 16.2 Å². The first-order chi connectivity index (χ1) is 15.1. The fourth-order valence-electron chi connectivity index (χ4n) is 3.82. The summed E-state index contributed by atoms with van der Waals surface area (Å²) in [5.41, 5.74) is 1.18. The molecule has 2 fully saturated rings. The number of fused-ring (bicyclic) bond motifs is 1. The van der Waals surface area contributed by atoms with Crippen molar-refractivity contribution >= 4 is 39.2 Å². The number of morpholine rings is 1. The van der Waals surface area contributed by atoms with Gasteiger partial charge >= 0.3 is 0 Å². The molecule has 0 N–H and O–H groups in total. The minimum absolute atomic E-state index is 0.141. The number of hydrogen-bond acceptors (Lipinski definition) is 10. The van der Waals surface area contributed by atoms with Crippen LogP contribution in [0, 0.1) is 13.8 Å². The smallest absolute Gasteiger partial charge is 0.283 e. The summed E-state index contributed by atoms with van der Waals surface area (Å²) in [5.74, 6) is 1.39. The van der Waals surface area contributed by atoms with Gasteiger partial charge in [0.2, 0.25) is 11.8 Å². The molecule has 2 aliphatic heterocycles. The Bertz CT molecular complexity index is 1110. The Balaban J connectivity index is 1.40. The van der Waals surface area contributed by atoms with Gasteiger partial charge in [0.1, 0.15) is 15.7 Å². The Morgan fingerprint density at radius 2 is 1.94 bits per heavy atom. The molecule has 0 radical (unpaired) electrons. The topological polar surface area (TPSA) is 97.5 Å². The Morgan fingerprint density at radius 3 is 2.71 bits per heavy atom. The molecule has 0 saturated carbocycles. The predicted molar refractivity (Wildman–Crippen MR) is 116 cm³/mol. The Kier molecular flexibility index (Phi) is 5.91. The van der Waals surface area contributed by atoms with E-state index in [2.05, 4.69) is 28.9 Å². The second-order valence-electron chi connectivity index (χ2n) is 7.78. The van der Waals surface area contributed by atoms with Crippen molar-refractivity contribution in [2.75, 3.05) is 32.8 Å². The summed E-state index contributed by atoms with van der Waals surface area (Å²) in [5, 5.41) is 10.6. The zero-order chi connectivity index (χ0) is 21.4. The summed E-state index contributed by atoms with van der Waals surface area (Å²) in [4.78, 5) is 27.9. The lowest BCUT2D eigenvalue weighted by Crippen LogP contribution is -2.36. The number of hydrogen-bond donors (Lipinski definition) is 0. The number of ether oxygens (including phenoxy) is 1. The van der Waals surface area contributed by atoms with Crippen LogP contribution in [0.2, 0.25) is 0 Å². The molecular formula is C20H24N6O3S2. The van der Waals surface area contributed by atoms with Gasteiger partial charge in [-0.3, -0.25) is 9.69 Å². The lowest BCUT2D eigenvalue weighted by atomic mass is 10.2. The molecule has 0 unspecified atom stereocenters. The number of aromatic nitrogens is 4. The van der Waals surface area contributed by atoms with Crippen LogP contribution < -0.4 is 0 Å². The van der Waals surface area contributed by atoms with Gasteiger partial charge in [0, 0.05) is 36.3 Å².